The first-order valence-electron chi connectivity index (χ1n) is 10.9. The molecule has 2 saturated heterocycles. The molecule has 0 aliphatic carbocycles. The number of carbonyl (C=O) groups excluding carboxylic acids is 2. The lowest BCUT2D eigenvalue weighted by molar-refractivity contribution is -0.137. The van der Waals surface area contributed by atoms with Gasteiger partial charge in [0.05, 0.1) is 6.61 Å². The minimum absolute atomic E-state index is 0.121. The number of halogens is 1. The van der Waals surface area contributed by atoms with E-state index in [9.17, 15) is 14.1 Å². The molecule has 4 rings (SSSR count). The predicted octanol–water partition coefficient (Wildman–Crippen LogP) is 1.31. The fourth-order valence-electron chi connectivity index (χ4n) is 4.23. The Morgan fingerprint density at radius 3 is 2.53 bits per heavy atom. The number of carbonyl (C=O) groups is 2. The first kappa shape index (κ1) is 22.4. The first-order valence-corrected chi connectivity index (χ1v) is 10.9. The molecule has 0 radical (unpaired) electrons. The Balaban J connectivity index is 1.33. The van der Waals surface area contributed by atoms with Gasteiger partial charge in [0, 0.05) is 64.7 Å². The second-order valence-corrected chi connectivity index (χ2v) is 8.05. The highest BCUT2D eigenvalue weighted by Crippen LogP contribution is 2.33. The molecule has 3 amide bonds. The standard InChI is InChI=1S/C21H29FN6O4/c1-25-19-16(20(24-25)28-8-6-18(29)23-21(28)30)4-2-5-17(19)31-14-3-7-26-9-11-27(12-10-26)13-15-32-22/h2,4-5H,3,6-15H2,1H3,(H,23,29,30). The van der Waals surface area contributed by atoms with Gasteiger partial charge in [-0.1, -0.05) is 6.07 Å². The molecule has 0 bridgehead atoms. The van der Waals surface area contributed by atoms with E-state index in [1.54, 1.807) is 4.68 Å². The zero-order valence-electron chi connectivity index (χ0n) is 18.3. The van der Waals surface area contributed by atoms with Crippen molar-refractivity contribution < 1.29 is 23.8 Å². The van der Waals surface area contributed by atoms with Crippen LogP contribution in [0.1, 0.15) is 12.8 Å². The van der Waals surface area contributed by atoms with Gasteiger partial charge in [0.1, 0.15) is 17.9 Å². The number of piperazine rings is 1. The Morgan fingerprint density at radius 1 is 1.06 bits per heavy atom. The van der Waals surface area contributed by atoms with Gasteiger partial charge in [0.25, 0.3) is 0 Å². The molecule has 2 fully saturated rings. The molecule has 174 valence electrons. The maximum absolute atomic E-state index is 12.3. The number of benzene rings is 1. The molecule has 0 saturated carbocycles. The lowest BCUT2D eigenvalue weighted by atomic mass is 10.2. The van der Waals surface area contributed by atoms with Crippen molar-refractivity contribution in [2.24, 2.45) is 7.05 Å². The summed E-state index contributed by atoms with van der Waals surface area (Å²) in [5.74, 6) is 0.966. The van der Waals surface area contributed by atoms with Crippen LogP contribution in [-0.4, -0.2) is 90.5 Å². The Hall–Kier alpha value is -2.76. The summed E-state index contributed by atoms with van der Waals surface area (Å²) in [4.78, 5) is 33.5. The number of fused-ring (bicyclic) bond motifs is 1. The highest BCUT2D eigenvalue weighted by atomic mass is 19.3. The van der Waals surface area contributed by atoms with E-state index in [0.717, 1.165) is 50.0 Å². The molecular formula is C21H29FN6O4. The van der Waals surface area contributed by atoms with Gasteiger partial charge in [0.2, 0.25) is 5.91 Å². The van der Waals surface area contributed by atoms with Crippen LogP contribution in [0.3, 0.4) is 0 Å². The summed E-state index contributed by atoms with van der Waals surface area (Å²) in [6.07, 6.45) is 1.13. The van der Waals surface area contributed by atoms with Gasteiger partial charge in [-0.3, -0.25) is 24.6 Å². The monoisotopic (exact) mass is 448 g/mol. The van der Waals surface area contributed by atoms with Crippen LogP contribution in [0.25, 0.3) is 10.9 Å². The molecule has 1 N–H and O–H groups in total. The second kappa shape index (κ2) is 10.2. The van der Waals surface area contributed by atoms with Gasteiger partial charge in [-0.05, 0) is 23.1 Å². The number of ether oxygens (including phenoxy) is 1. The average Bonchev–Trinajstić information content (AvgIpc) is 3.13. The summed E-state index contributed by atoms with van der Waals surface area (Å²) in [6, 6.07) is 5.24. The van der Waals surface area contributed by atoms with Crippen LogP contribution in [0.15, 0.2) is 18.2 Å². The largest absolute Gasteiger partial charge is 0.491 e. The number of imide groups is 1. The number of rotatable bonds is 9. The Labute approximate surface area is 185 Å². The van der Waals surface area contributed by atoms with Crippen molar-refractivity contribution in [3.05, 3.63) is 18.2 Å². The smallest absolute Gasteiger partial charge is 0.329 e. The maximum atomic E-state index is 12.3. The summed E-state index contributed by atoms with van der Waals surface area (Å²) in [6.45, 7) is 6.27. The van der Waals surface area contributed by atoms with Gasteiger partial charge >= 0.3 is 6.03 Å². The number of para-hydroxylation sites is 1. The van der Waals surface area contributed by atoms with Crippen LogP contribution >= 0.6 is 0 Å². The number of urea groups is 1. The van der Waals surface area contributed by atoms with Gasteiger partial charge in [-0.15, -0.1) is 0 Å². The van der Waals surface area contributed by atoms with Crippen molar-refractivity contribution in [3.8, 4) is 5.75 Å². The molecule has 0 spiro atoms. The summed E-state index contributed by atoms with van der Waals surface area (Å²) >= 11 is 0. The minimum Gasteiger partial charge on any atom is -0.491 e. The number of hydrogen-bond acceptors (Lipinski definition) is 7. The number of amides is 3. The molecule has 2 aromatic rings. The fraction of sp³-hybridized carbons (Fsp3) is 0.571. The number of aryl methyl sites for hydroxylation is 1. The molecule has 0 atom stereocenters. The predicted molar refractivity (Wildman–Crippen MR) is 116 cm³/mol. The third kappa shape index (κ3) is 5.00. The van der Waals surface area contributed by atoms with E-state index in [1.165, 1.54) is 4.90 Å². The van der Waals surface area contributed by atoms with Crippen molar-refractivity contribution >= 4 is 28.7 Å². The van der Waals surface area contributed by atoms with Crippen LogP contribution in [0.5, 0.6) is 5.75 Å². The van der Waals surface area contributed by atoms with E-state index in [1.807, 2.05) is 25.2 Å². The molecule has 1 aromatic heterocycles. The minimum atomic E-state index is -0.454. The molecule has 32 heavy (non-hydrogen) atoms. The summed E-state index contributed by atoms with van der Waals surface area (Å²) < 4.78 is 19.6. The normalized spacial score (nSPS) is 18.4. The topological polar surface area (TPSA) is 92.2 Å². The first-order chi connectivity index (χ1) is 15.6. The van der Waals surface area contributed by atoms with Gasteiger partial charge < -0.3 is 9.64 Å². The van der Waals surface area contributed by atoms with E-state index in [4.69, 9.17) is 4.74 Å². The van der Waals surface area contributed by atoms with Crippen LogP contribution in [0, 0.1) is 0 Å². The third-order valence-corrected chi connectivity index (χ3v) is 5.94. The number of nitrogens with zero attached hydrogens (tertiary/aromatic N) is 5. The summed E-state index contributed by atoms with van der Waals surface area (Å²) in [5.41, 5.74) is 0.816. The second-order valence-electron chi connectivity index (χ2n) is 8.05. The van der Waals surface area contributed by atoms with Crippen molar-refractivity contribution in [2.45, 2.75) is 12.8 Å². The van der Waals surface area contributed by atoms with Crippen molar-refractivity contribution in [2.75, 3.05) is 63.9 Å². The molecule has 1 aromatic carbocycles. The SMILES string of the molecule is Cn1nc(N2CCC(=O)NC2=O)c2cccc(OCCCN3CCN(CCOF)CC3)c21. The molecule has 2 aliphatic rings. The van der Waals surface area contributed by atoms with Crippen LogP contribution in [0.4, 0.5) is 15.1 Å². The molecule has 2 aliphatic heterocycles. The lowest BCUT2D eigenvalue weighted by Crippen LogP contribution is -2.49. The highest BCUT2D eigenvalue weighted by Gasteiger charge is 2.28. The molecule has 3 heterocycles. The third-order valence-electron chi connectivity index (χ3n) is 5.94. The lowest BCUT2D eigenvalue weighted by Gasteiger charge is -2.34. The molecule has 10 nitrogen and oxygen atoms in total. The van der Waals surface area contributed by atoms with Gasteiger partial charge in [0.15, 0.2) is 5.82 Å². The zero-order chi connectivity index (χ0) is 22.5. The average molecular weight is 448 g/mol. The van der Waals surface area contributed by atoms with E-state index in [0.29, 0.717) is 31.3 Å². The maximum Gasteiger partial charge on any atom is 0.329 e. The number of hydrogen-bond donors (Lipinski definition) is 1. The Morgan fingerprint density at radius 2 is 1.81 bits per heavy atom. The molecular weight excluding hydrogens is 419 g/mol. The summed E-state index contributed by atoms with van der Waals surface area (Å²) in [7, 11) is 1.82. The van der Waals surface area contributed by atoms with Crippen molar-refractivity contribution in [1.29, 1.82) is 0 Å². The summed E-state index contributed by atoms with van der Waals surface area (Å²) in [5, 5.41) is 7.67. The number of aromatic nitrogens is 2. The zero-order valence-corrected chi connectivity index (χ0v) is 18.3. The molecule has 11 heteroatoms. The quantitative estimate of drug-likeness (QED) is 0.578. The van der Waals surface area contributed by atoms with Crippen LogP contribution in [-0.2, 0) is 16.8 Å². The number of nitrogens with one attached hydrogen (secondary N) is 1. The van der Waals surface area contributed by atoms with E-state index in [2.05, 4.69) is 25.2 Å². The Kier molecular flexibility index (Phi) is 7.18. The van der Waals surface area contributed by atoms with E-state index >= 15 is 0 Å². The molecule has 0 unspecified atom stereocenters. The Bertz CT molecular complexity index is 959. The van der Waals surface area contributed by atoms with Crippen LogP contribution in [0.2, 0.25) is 0 Å². The highest BCUT2D eigenvalue weighted by molar-refractivity contribution is 6.09. The van der Waals surface area contributed by atoms with Crippen LogP contribution < -0.4 is 15.0 Å². The number of anilines is 1. The van der Waals surface area contributed by atoms with Crippen molar-refractivity contribution in [1.82, 2.24) is 24.9 Å². The van der Waals surface area contributed by atoms with Gasteiger partial charge in [-0.2, -0.15) is 10.0 Å². The van der Waals surface area contributed by atoms with Crippen molar-refractivity contribution in [3.63, 3.8) is 0 Å². The van der Waals surface area contributed by atoms with Gasteiger partial charge in [-0.25, -0.2) is 4.79 Å². The van der Waals surface area contributed by atoms with E-state index < -0.39 is 6.03 Å². The van der Waals surface area contributed by atoms with E-state index in [-0.39, 0.29) is 18.9 Å². The fourth-order valence-corrected chi connectivity index (χ4v) is 4.23.